The summed E-state index contributed by atoms with van der Waals surface area (Å²) in [6.07, 6.45) is 46.3. The fraction of sp³-hybridized carbons (Fsp3) is 0.879. The van der Waals surface area contributed by atoms with Crippen LogP contribution in [0.3, 0.4) is 0 Å². The van der Waals surface area contributed by atoms with Crippen LogP contribution < -0.4 is 5.32 Å². The molecule has 0 bridgehead atoms. The Balaban J connectivity index is 2.36. The molecule has 1 heterocycles. The SMILES string of the molecule is CCCCCCCCCCCC/C=C\CCCCCCCCC(O)C(=O)NC(COC1OC(CO)C(O)C(O)C1O)C(O)C(O)CCC/C=C/CC/C=C/CCCCCCCCCCCCCCC. The van der Waals surface area contributed by atoms with Gasteiger partial charge in [0.25, 0.3) is 0 Å². The number of hydrogen-bond donors (Lipinski definition) is 8. The first-order valence-corrected chi connectivity index (χ1v) is 28.9. The third kappa shape index (κ3) is 36.0. The van der Waals surface area contributed by atoms with Gasteiger partial charge in [-0.2, -0.15) is 0 Å². The van der Waals surface area contributed by atoms with Gasteiger partial charge in [0.1, 0.15) is 36.6 Å². The van der Waals surface area contributed by atoms with E-state index < -0.39 is 74.2 Å². The third-order valence-electron chi connectivity index (χ3n) is 13.9. The molecule has 0 aromatic heterocycles. The number of allylic oxidation sites excluding steroid dienone is 6. The molecule has 0 saturated carbocycles. The highest BCUT2D eigenvalue weighted by atomic mass is 16.7. The molecule has 9 atom stereocenters. The zero-order valence-corrected chi connectivity index (χ0v) is 44.3. The molecule has 1 rings (SSSR count). The van der Waals surface area contributed by atoms with Gasteiger partial charge in [-0.1, -0.05) is 217 Å². The Hall–Kier alpha value is -1.67. The van der Waals surface area contributed by atoms with E-state index in [0.717, 1.165) is 57.8 Å². The molecule has 1 aliphatic heterocycles. The number of aliphatic hydroxyl groups is 7. The van der Waals surface area contributed by atoms with Crippen molar-refractivity contribution in [1.29, 1.82) is 0 Å². The molecule has 406 valence electrons. The molecule has 0 aromatic rings. The zero-order chi connectivity index (χ0) is 50.4. The van der Waals surface area contributed by atoms with Crippen LogP contribution >= 0.6 is 0 Å². The Kier molecular flexibility index (Phi) is 44.8. The topological polar surface area (TPSA) is 189 Å². The van der Waals surface area contributed by atoms with Crippen LogP contribution in [0.15, 0.2) is 36.5 Å². The van der Waals surface area contributed by atoms with Gasteiger partial charge in [0.15, 0.2) is 6.29 Å². The maximum Gasteiger partial charge on any atom is 0.249 e. The van der Waals surface area contributed by atoms with Crippen LogP contribution in [-0.2, 0) is 14.3 Å². The summed E-state index contributed by atoms with van der Waals surface area (Å²) < 4.78 is 11.1. The summed E-state index contributed by atoms with van der Waals surface area (Å²) in [6.45, 7) is 3.45. The van der Waals surface area contributed by atoms with Crippen molar-refractivity contribution in [2.75, 3.05) is 13.2 Å². The highest BCUT2D eigenvalue weighted by Crippen LogP contribution is 2.23. The van der Waals surface area contributed by atoms with Gasteiger partial charge in [0.2, 0.25) is 5.91 Å². The van der Waals surface area contributed by atoms with Crippen molar-refractivity contribution in [3.63, 3.8) is 0 Å². The van der Waals surface area contributed by atoms with Crippen LogP contribution in [-0.4, -0.2) is 110 Å². The van der Waals surface area contributed by atoms with E-state index in [-0.39, 0.29) is 12.8 Å². The van der Waals surface area contributed by atoms with Crippen LogP contribution in [0.2, 0.25) is 0 Å². The van der Waals surface area contributed by atoms with Crippen LogP contribution in [0.5, 0.6) is 0 Å². The summed E-state index contributed by atoms with van der Waals surface area (Å²) in [7, 11) is 0. The van der Waals surface area contributed by atoms with Crippen LogP contribution in [0, 0.1) is 0 Å². The molecule has 1 aliphatic rings. The van der Waals surface area contributed by atoms with Gasteiger partial charge in [-0.05, 0) is 77.0 Å². The molecular weight excluding hydrogens is 871 g/mol. The van der Waals surface area contributed by atoms with Crippen molar-refractivity contribution >= 4 is 5.91 Å². The Morgan fingerprint density at radius 2 is 0.870 bits per heavy atom. The second kappa shape index (κ2) is 47.3. The average molecular weight is 981 g/mol. The van der Waals surface area contributed by atoms with Crippen molar-refractivity contribution in [3.05, 3.63) is 36.5 Å². The lowest BCUT2D eigenvalue weighted by molar-refractivity contribution is -0.303. The Morgan fingerprint density at radius 1 is 0.493 bits per heavy atom. The maximum atomic E-state index is 13.2. The summed E-state index contributed by atoms with van der Waals surface area (Å²) in [4.78, 5) is 13.2. The highest BCUT2D eigenvalue weighted by molar-refractivity contribution is 5.80. The first kappa shape index (κ1) is 65.3. The van der Waals surface area contributed by atoms with Crippen molar-refractivity contribution in [1.82, 2.24) is 5.32 Å². The van der Waals surface area contributed by atoms with Gasteiger partial charge in [-0.25, -0.2) is 0 Å². The van der Waals surface area contributed by atoms with Gasteiger partial charge in [0.05, 0.1) is 25.4 Å². The van der Waals surface area contributed by atoms with E-state index in [4.69, 9.17) is 9.47 Å². The minimum absolute atomic E-state index is 0.244. The molecule has 69 heavy (non-hydrogen) atoms. The second-order valence-corrected chi connectivity index (χ2v) is 20.3. The molecular formula is C58H109NO10. The van der Waals surface area contributed by atoms with Gasteiger partial charge in [0, 0.05) is 0 Å². The first-order valence-electron chi connectivity index (χ1n) is 28.9. The van der Waals surface area contributed by atoms with E-state index in [9.17, 15) is 40.5 Å². The lowest BCUT2D eigenvalue weighted by Gasteiger charge is -2.40. The normalized spacial score (nSPS) is 20.6. The van der Waals surface area contributed by atoms with Crippen molar-refractivity contribution in [2.24, 2.45) is 0 Å². The Labute approximate surface area is 422 Å². The number of rotatable bonds is 49. The molecule has 11 nitrogen and oxygen atoms in total. The summed E-state index contributed by atoms with van der Waals surface area (Å²) >= 11 is 0. The molecule has 1 fully saturated rings. The van der Waals surface area contributed by atoms with E-state index >= 15 is 0 Å². The third-order valence-corrected chi connectivity index (χ3v) is 13.9. The van der Waals surface area contributed by atoms with Gasteiger partial charge in [-0.3, -0.25) is 4.79 Å². The largest absolute Gasteiger partial charge is 0.394 e. The Bertz CT molecular complexity index is 1210. The Morgan fingerprint density at radius 3 is 1.29 bits per heavy atom. The number of carbonyl (C=O) groups excluding carboxylic acids is 1. The minimum Gasteiger partial charge on any atom is -0.394 e. The fourth-order valence-corrected chi connectivity index (χ4v) is 9.16. The summed E-state index contributed by atoms with van der Waals surface area (Å²) in [5.41, 5.74) is 0. The molecule has 0 radical (unpaired) electrons. The van der Waals surface area contributed by atoms with Crippen LogP contribution in [0.25, 0.3) is 0 Å². The van der Waals surface area contributed by atoms with Gasteiger partial charge >= 0.3 is 0 Å². The van der Waals surface area contributed by atoms with Gasteiger partial charge < -0.3 is 50.5 Å². The molecule has 1 amide bonds. The lowest BCUT2D eigenvalue weighted by Crippen LogP contribution is -2.60. The monoisotopic (exact) mass is 980 g/mol. The van der Waals surface area contributed by atoms with Crippen molar-refractivity contribution in [2.45, 2.75) is 313 Å². The van der Waals surface area contributed by atoms with E-state index in [1.165, 1.54) is 154 Å². The lowest BCUT2D eigenvalue weighted by atomic mass is 9.98. The predicted octanol–water partition coefficient (Wildman–Crippen LogP) is 11.9. The molecule has 11 heteroatoms. The number of amides is 1. The standard InChI is InChI=1S/C58H109NO10/c1-3-5-7-9-11-13-15-17-19-21-23-25-26-28-29-31-33-35-37-39-41-43-45-50(61)53(63)49(48-68-58-56(66)55(65)54(64)52(47-60)69-58)59-57(67)51(62)46-44-42-40-38-36-34-32-30-27-24-22-20-18-16-14-12-10-8-6-4-2/h27,29-31,37,39,49-56,58,60-66H,3-26,28,32-36,38,40-48H2,1-2H3,(H,59,67)/b30-27-,31-29+,39-37+. The minimum atomic E-state index is -1.67. The number of carbonyl (C=O) groups is 1. The number of unbranched alkanes of at least 4 members (excludes halogenated alkanes) is 31. The van der Waals surface area contributed by atoms with Crippen molar-refractivity contribution < 1.29 is 50.0 Å². The molecule has 8 N–H and O–H groups in total. The molecule has 0 aliphatic carbocycles. The van der Waals surface area contributed by atoms with E-state index in [0.29, 0.717) is 19.3 Å². The fourth-order valence-electron chi connectivity index (χ4n) is 9.16. The summed E-state index contributed by atoms with van der Waals surface area (Å²) in [6, 6.07) is -1.19. The second-order valence-electron chi connectivity index (χ2n) is 20.3. The smallest absolute Gasteiger partial charge is 0.249 e. The maximum absolute atomic E-state index is 13.2. The van der Waals surface area contributed by atoms with E-state index in [2.05, 4.69) is 55.6 Å². The van der Waals surface area contributed by atoms with Gasteiger partial charge in [-0.15, -0.1) is 0 Å². The average Bonchev–Trinajstić information content (AvgIpc) is 3.35. The van der Waals surface area contributed by atoms with Crippen molar-refractivity contribution in [3.8, 4) is 0 Å². The summed E-state index contributed by atoms with van der Waals surface area (Å²) in [5, 5.41) is 76.1. The zero-order valence-electron chi connectivity index (χ0n) is 44.3. The number of aliphatic hydroxyl groups excluding tert-OH is 7. The predicted molar refractivity (Wildman–Crippen MR) is 284 cm³/mol. The molecule has 0 spiro atoms. The summed E-state index contributed by atoms with van der Waals surface area (Å²) in [5.74, 6) is -0.713. The van der Waals surface area contributed by atoms with Crippen LogP contribution in [0.1, 0.15) is 258 Å². The first-order chi connectivity index (χ1) is 33.7. The molecule has 9 unspecified atom stereocenters. The van der Waals surface area contributed by atoms with E-state index in [1.54, 1.807) is 0 Å². The van der Waals surface area contributed by atoms with E-state index in [1.807, 2.05) is 0 Å². The number of nitrogens with one attached hydrogen (secondary N) is 1. The quantitative estimate of drug-likeness (QED) is 0.0215. The van der Waals surface area contributed by atoms with Crippen LogP contribution in [0.4, 0.5) is 0 Å². The number of hydrogen-bond acceptors (Lipinski definition) is 10. The molecule has 1 saturated heterocycles. The number of ether oxygens (including phenoxy) is 2. The molecule has 0 aromatic carbocycles. The highest BCUT2D eigenvalue weighted by Gasteiger charge is 2.44.